The van der Waals surface area contributed by atoms with Gasteiger partial charge in [0.1, 0.15) is 6.04 Å². The van der Waals surface area contributed by atoms with E-state index in [1.165, 1.54) is 4.90 Å². The van der Waals surface area contributed by atoms with Crippen LogP contribution in [0.5, 0.6) is 0 Å². The number of benzene rings is 1. The van der Waals surface area contributed by atoms with Gasteiger partial charge in [0.25, 0.3) is 0 Å². The average molecular weight is 445 g/mol. The van der Waals surface area contributed by atoms with Gasteiger partial charge in [-0.05, 0) is 37.9 Å². The van der Waals surface area contributed by atoms with Crippen LogP contribution < -0.4 is 10.6 Å². The van der Waals surface area contributed by atoms with Crippen LogP contribution in [-0.4, -0.2) is 58.6 Å². The summed E-state index contributed by atoms with van der Waals surface area (Å²) in [5, 5.41) is 16.2. The van der Waals surface area contributed by atoms with E-state index in [1.54, 1.807) is 18.4 Å². The third kappa shape index (κ3) is 5.14. The van der Waals surface area contributed by atoms with Gasteiger partial charge in [-0.15, -0.1) is 11.3 Å². The molecule has 2 amide bonds. The maximum absolute atomic E-state index is 13.0. The number of carbonyl (C=O) groups is 2. The van der Waals surface area contributed by atoms with Crippen LogP contribution in [0.25, 0.3) is 10.4 Å². The van der Waals surface area contributed by atoms with Crippen LogP contribution in [0.4, 0.5) is 0 Å². The quantitative estimate of drug-likeness (QED) is 0.610. The summed E-state index contributed by atoms with van der Waals surface area (Å²) >= 11 is 1.61. The molecule has 1 aliphatic heterocycles. The Morgan fingerprint density at radius 3 is 2.45 bits per heavy atom. The number of aromatic nitrogens is 1. The van der Waals surface area contributed by atoms with E-state index in [-0.39, 0.29) is 42.8 Å². The van der Waals surface area contributed by atoms with E-state index in [2.05, 4.69) is 15.6 Å². The zero-order chi connectivity index (χ0) is 22.7. The molecule has 0 aliphatic carbocycles. The topological polar surface area (TPSA) is 94.6 Å². The van der Waals surface area contributed by atoms with Crippen LogP contribution in [-0.2, 0) is 9.59 Å². The molecule has 0 radical (unpaired) electrons. The van der Waals surface area contributed by atoms with Gasteiger partial charge in [0.05, 0.1) is 34.3 Å². The third-order valence-corrected chi connectivity index (χ3v) is 6.86. The van der Waals surface area contributed by atoms with E-state index in [4.69, 9.17) is 0 Å². The highest BCUT2D eigenvalue weighted by molar-refractivity contribution is 7.13. The monoisotopic (exact) mass is 444 g/mol. The van der Waals surface area contributed by atoms with Gasteiger partial charge in [-0.2, -0.15) is 0 Å². The highest BCUT2D eigenvalue weighted by Crippen LogP contribution is 2.28. The zero-order valence-corrected chi connectivity index (χ0v) is 19.6. The maximum atomic E-state index is 13.0. The number of β-amino-alcohol motifs (C(OH)–C–C–N with tert-alkyl or cyclic N) is 1. The summed E-state index contributed by atoms with van der Waals surface area (Å²) in [5.74, 6) is -0.303. The van der Waals surface area contributed by atoms with E-state index in [9.17, 15) is 14.7 Å². The second-order valence-electron chi connectivity index (χ2n) is 8.53. The number of thiazole rings is 1. The molecule has 0 unspecified atom stereocenters. The van der Waals surface area contributed by atoms with Crippen LogP contribution in [0.15, 0.2) is 29.8 Å². The standard InChI is InChI=1S/C23H32N4O3S/c1-13(2)20(24-5)23(30)27-11-18(28)10-19(27)22(29)26-14(3)16-6-8-17(9-7-16)21-15(4)25-12-31-21/h6-9,12-14,18-20,24,28H,10-11H2,1-5H3,(H,26,29)/t14-,18+,19-,20-/m0/s1. The molecule has 4 atom stereocenters. The van der Waals surface area contributed by atoms with Gasteiger partial charge in [0.2, 0.25) is 11.8 Å². The lowest BCUT2D eigenvalue weighted by molar-refractivity contribution is -0.141. The summed E-state index contributed by atoms with van der Waals surface area (Å²) in [6, 6.07) is 6.80. The number of carbonyl (C=O) groups excluding carboxylic acids is 2. The van der Waals surface area contributed by atoms with Crippen molar-refractivity contribution in [2.75, 3.05) is 13.6 Å². The first-order valence-electron chi connectivity index (χ1n) is 10.7. The Labute approximate surface area is 187 Å². The molecule has 1 aromatic heterocycles. The van der Waals surface area contributed by atoms with Crippen LogP contribution in [0, 0.1) is 12.8 Å². The lowest BCUT2D eigenvalue weighted by Crippen LogP contribution is -2.53. The van der Waals surface area contributed by atoms with Gasteiger partial charge in [0, 0.05) is 13.0 Å². The van der Waals surface area contributed by atoms with Crippen molar-refractivity contribution in [3.8, 4) is 10.4 Å². The molecule has 1 aliphatic rings. The molecule has 1 saturated heterocycles. The molecule has 2 heterocycles. The largest absolute Gasteiger partial charge is 0.391 e. The minimum Gasteiger partial charge on any atom is -0.391 e. The van der Waals surface area contributed by atoms with Gasteiger partial charge in [0.15, 0.2) is 0 Å². The molecule has 0 bridgehead atoms. The van der Waals surface area contributed by atoms with Crippen LogP contribution in [0.2, 0.25) is 0 Å². The lowest BCUT2D eigenvalue weighted by atomic mass is 10.0. The molecule has 0 spiro atoms. The Morgan fingerprint density at radius 2 is 1.90 bits per heavy atom. The van der Waals surface area contributed by atoms with Crippen LogP contribution in [0.1, 0.15) is 44.5 Å². The van der Waals surface area contributed by atoms with Crippen LogP contribution >= 0.6 is 11.3 Å². The Kier molecular flexibility index (Phi) is 7.46. The van der Waals surface area contributed by atoms with Crippen molar-refractivity contribution < 1.29 is 14.7 Å². The molecule has 3 N–H and O–H groups in total. The number of likely N-dealkylation sites (tertiary alicyclic amines) is 1. The predicted molar refractivity (Wildman–Crippen MR) is 123 cm³/mol. The van der Waals surface area contributed by atoms with E-state index in [0.29, 0.717) is 0 Å². The Bertz CT molecular complexity index is 912. The van der Waals surface area contributed by atoms with Gasteiger partial charge < -0.3 is 20.6 Å². The predicted octanol–water partition coefficient (Wildman–Crippen LogP) is 2.50. The highest BCUT2D eigenvalue weighted by Gasteiger charge is 2.41. The fourth-order valence-electron chi connectivity index (χ4n) is 4.12. The minimum atomic E-state index is -0.693. The van der Waals surface area contributed by atoms with Gasteiger partial charge >= 0.3 is 0 Å². The van der Waals surface area contributed by atoms with Crippen LogP contribution in [0.3, 0.4) is 0 Å². The van der Waals surface area contributed by atoms with Gasteiger partial charge in [-0.1, -0.05) is 38.1 Å². The number of hydrogen-bond donors (Lipinski definition) is 3. The summed E-state index contributed by atoms with van der Waals surface area (Å²) in [7, 11) is 1.74. The molecule has 2 aromatic rings. The summed E-state index contributed by atoms with van der Waals surface area (Å²) < 4.78 is 0. The molecule has 1 fully saturated rings. The number of aliphatic hydroxyl groups excluding tert-OH is 1. The zero-order valence-electron chi connectivity index (χ0n) is 18.8. The Morgan fingerprint density at radius 1 is 1.23 bits per heavy atom. The summed E-state index contributed by atoms with van der Waals surface area (Å²) in [5.41, 5.74) is 4.92. The van der Waals surface area contributed by atoms with E-state index < -0.39 is 12.1 Å². The summed E-state index contributed by atoms with van der Waals surface area (Å²) in [4.78, 5) is 33.0. The van der Waals surface area contributed by atoms with Crippen molar-refractivity contribution in [1.82, 2.24) is 20.5 Å². The third-order valence-electron chi connectivity index (χ3n) is 5.89. The molecule has 3 rings (SSSR count). The number of nitrogens with one attached hydrogen (secondary N) is 2. The SMILES string of the molecule is CN[C@H](C(=O)N1C[C@H](O)C[C@H]1C(=O)N[C@@H](C)c1ccc(-c2scnc2C)cc1)C(C)C. The summed E-state index contributed by atoms with van der Waals surface area (Å²) in [6.07, 6.45) is -0.441. The van der Waals surface area contributed by atoms with Crippen molar-refractivity contribution in [3.63, 3.8) is 0 Å². The van der Waals surface area contributed by atoms with Gasteiger partial charge in [-0.25, -0.2) is 4.98 Å². The van der Waals surface area contributed by atoms with Crippen molar-refractivity contribution in [2.24, 2.45) is 5.92 Å². The number of rotatable bonds is 7. The Hall–Kier alpha value is -2.29. The molecule has 7 nitrogen and oxygen atoms in total. The van der Waals surface area contributed by atoms with Crippen molar-refractivity contribution in [1.29, 1.82) is 0 Å². The van der Waals surface area contributed by atoms with Crippen molar-refractivity contribution in [2.45, 2.75) is 58.3 Å². The maximum Gasteiger partial charge on any atom is 0.243 e. The Balaban J connectivity index is 1.69. The van der Waals surface area contributed by atoms with Crippen molar-refractivity contribution >= 4 is 23.2 Å². The smallest absolute Gasteiger partial charge is 0.243 e. The second kappa shape index (κ2) is 9.89. The first kappa shape index (κ1) is 23.4. The minimum absolute atomic E-state index is 0.0820. The molecule has 31 heavy (non-hydrogen) atoms. The highest BCUT2D eigenvalue weighted by atomic mass is 32.1. The number of aliphatic hydroxyl groups is 1. The first-order chi connectivity index (χ1) is 14.7. The van der Waals surface area contributed by atoms with E-state index in [0.717, 1.165) is 21.7 Å². The average Bonchev–Trinajstić information content (AvgIpc) is 3.33. The van der Waals surface area contributed by atoms with Gasteiger partial charge in [-0.3, -0.25) is 9.59 Å². The number of aryl methyl sites for hydroxylation is 1. The van der Waals surface area contributed by atoms with E-state index in [1.807, 2.05) is 57.5 Å². The molecular weight excluding hydrogens is 412 g/mol. The number of amides is 2. The molecule has 1 aromatic carbocycles. The summed E-state index contributed by atoms with van der Waals surface area (Å²) in [6.45, 7) is 8.01. The molecular formula is C23H32N4O3S. The second-order valence-corrected chi connectivity index (χ2v) is 9.38. The normalized spacial score (nSPS) is 20.7. The van der Waals surface area contributed by atoms with Crippen molar-refractivity contribution in [3.05, 3.63) is 41.0 Å². The molecule has 8 heteroatoms. The fraction of sp³-hybridized carbons (Fsp3) is 0.522. The molecule has 0 saturated carbocycles. The molecule has 168 valence electrons. The van der Waals surface area contributed by atoms with E-state index >= 15 is 0 Å². The first-order valence-corrected chi connectivity index (χ1v) is 11.6. The fourth-order valence-corrected chi connectivity index (χ4v) is 4.93. The number of likely N-dealkylation sites (N-methyl/N-ethyl adjacent to an activating group) is 1. The lowest BCUT2D eigenvalue weighted by Gasteiger charge is -2.30. The number of nitrogens with zero attached hydrogens (tertiary/aromatic N) is 2. The number of hydrogen-bond acceptors (Lipinski definition) is 6.